The highest BCUT2D eigenvalue weighted by Gasteiger charge is 2.30. The molecule has 0 aromatic heterocycles. The van der Waals surface area contributed by atoms with Crippen LogP contribution in [0, 0.1) is 6.92 Å². The Bertz CT molecular complexity index is 473. The molecule has 0 N–H and O–H groups in total. The average Bonchev–Trinajstić information content (AvgIpc) is 2.27. The molecule has 0 saturated carbocycles. The molecular formula is C11H14O4S. The molecule has 88 valence electrons. The first-order valence-electron chi connectivity index (χ1n) is 4.78. The molecule has 1 rings (SSSR count). The largest absolute Gasteiger partial charge is 0.468 e. The second-order valence-corrected chi connectivity index (χ2v) is 5.79. The number of esters is 1. The summed E-state index contributed by atoms with van der Waals surface area (Å²) < 4.78 is 28.3. The van der Waals surface area contributed by atoms with Gasteiger partial charge in [0.05, 0.1) is 12.0 Å². The Morgan fingerprint density at radius 3 is 2.19 bits per heavy atom. The van der Waals surface area contributed by atoms with Crippen molar-refractivity contribution in [1.29, 1.82) is 0 Å². The van der Waals surface area contributed by atoms with Gasteiger partial charge in [-0.3, -0.25) is 4.79 Å². The van der Waals surface area contributed by atoms with Crippen LogP contribution in [-0.4, -0.2) is 26.7 Å². The number of rotatable bonds is 3. The van der Waals surface area contributed by atoms with E-state index in [1.165, 1.54) is 26.2 Å². The maximum absolute atomic E-state index is 11.9. The van der Waals surface area contributed by atoms with Crippen molar-refractivity contribution in [1.82, 2.24) is 0 Å². The summed E-state index contributed by atoms with van der Waals surface area (Å²) in [5.41, 5.74) is 0.963. The summed E-state index contributed by atoms with van der Waals surface area (Å²) in [4.78, 5) is 11.3. The van der Waals surface area contributed by atoms with Gasteiger partial charge in [0.1, 0.15) is 0 Å². The van der Waals surface area contributed by atoms with E-state index < -0.39 is 21.1 Å². The smallest absolute Gasteiger partial charge is 0.324 e. The summed E-state index contributed by atoms with van der Waals surface area (Å²) in [6, 6.07) is 6.36. The van der Waals surface area contributed by atoms with E-state index in [1.807, 2.05) is 6.92 Å². The number of hydrogen-bond acceptors (Lipinski definition) is 4. The molecule has 1 aromatic carbocycles. The number of ether oxygens (including phenoxy) is 1. The number of carbonyl (C=O) groups is 1. The van der Waals surface area contributed by atoms with Gasteiger partial charge >= 0.3 is 5.97 Å². The minimum atomic E-state index is -3.64. The molecule has 0 spiro atoms. The fourth-order valence-corrected chi connectivity index (χ4v) is 2.50. The SMILES string of the molecule is COC(=O)[C@@H](C)S(=O)(=O)c1ccc(C)cc1. The van der Waals surface area contributed by atoms with Crippen LogP contribution in [0.15, 0.2) is 29.2 Å². The zero-order valence-corrected chi connectivity index (χ0v) is 10.2. The molecule has 4 nitrogen and oxygen atoms in total. The molecule has 0 fully saturated rings. The summed E-state index contributed by atoms with van der Waals surface area (Å²) in [6.07, 6.45) is 0. The lowest BCUT2D eigenvalue weighted by atomic mass is 10.2. The Morgan fingerprint density at radius 2 is 1.75 bits per heavy atom. The van der Waals surface area contributed by atoms with Gasteiger partial charge < -0.3 is 4.74 Å². The fourth-order valence-electron chi connectivity index (χ4n) is 1.22. The standard InChI is InChI=1S/C11H14O4S/c1-8-4-6-10(7-5-8)16(13,14)9(2)11(12)15-3/h4-7,9H,1-3H3/t9-/m1/s1. The first kappa shape index (κ1) is 12.7. The molecule has 16 heavy (non-hydrogen) atoms. The second kappa shape index (κ2) is 4.65. The van der Waals surface area contributed by atoms with Crippen molar-refractivity contribution < 1.29 is 17.9 Å². The van der Waals surface area contributed by atoms with E-state index in [4.69, 9.17) is 0 Å². The monoisotopic (exact) mass is 242 g/mol. The number of benzene rings is 1. The highest BCUT2D eigenvalue weighted by molar-refractivity contribution is 7.92. The van der Waals surface area contributed by atoms with E-state index in [0.717, 1.165) is 5.56 Å². The first-order chi connectivity index (χ1) is 7.39. The van der Waals surface area contributed by atoms with Crippen molar-refractivity contribution >= 4 is 15.8 Å². The van der Waals surface area contributed by atoms with E-state index >= 15 is 0 Å². The lowest BCUT2D eigenvalue weighted by Gasteiger charge is -2.10. The minimum Gasteiger partial charge on any atom is -0.468 e. The van der Waals surface area contributed by atoms with Crippen LogP contribution >= 0.6 is 0 Å². The van der Waals surface area contributed by atoms with Crippen LogP contribution in [0.4, 0.5) is 0 Å². The number of carbonyl (C=O) groups excluding carboxylic acids is 1. The lowest BCUT2D eigenvalue weighted by Crippen LogP contribution is -2.28. The topological polar surface area (TPSA) is 60.4 Å². The van der Waals surface area contributed by atoms with Gasteiger partial charge in [-0.1, -0.05) is 17.7 Å². The van der Waals surface area contributed by atoms with Crippen LogP contribution in [-0.2, 0) is 19.4 Å². The van der Waals surface area contributed by atoms with Crippen LogP contribution in [0.5, 0.6) is 0 Å². The van der Waals surface area contributed by atoms with Crippen molar-refractivity contribution in [2.45, 2.75) is 24.0 Å². The summed E-state index contributed by atoms with van der Waals surface area (Å²) in [6.45, 7) is 3.18. The summed E-state index contributed by atoms with van der Waals surface area (Å²) in [5, 5.41) is -1.18. The zero-order chi connectivity index (χ0) is 12.3. The van der Waals surface area contributed by atoms with Gasteiger partial charge in [-0.25, -0.2) is 8.42 Å². The lowest BCUT2D eigenvalue weighted by molar-refractivity contribution is -0.139. The van der Waals surface area contributed by atoms with E-state index in [-0.39, 0.29) is 4.90 Å². The molecule has 0 saturated heterocycles. The van der Waals surface area contributed by atoms with E-state index in [1.54, 1.807) is 12.1 Å². The highest BCUT2D eigenvalue weighted by atomic mass is 32.2. The van der Waals surface area contributed by atoms with Crippen molar-refractivity contribution in [2.24, 2.45) is 0 Å². The third kappa shape index (κ3) is 2.41. The fraction of sp³-hybridized carbons (Fsp3) is 0.364. The summed E-state index contributed by atoms with van der Waals surface area (Å²) in [7, 11) is -2.47. The summed E-state index contributed by atoms with van der Waals surface area (Å²) in [5.74, 6) is -0.749. The molecule has 0 aliphatic heterocycles. The third-order valence-electron chi connectivity index (χ3n) is 2.35. The first-order valence-corrected chi connectivity index (χ1v) is 6.32. The highest BCUT2D eigenvalue weighted by Crippen LogP contribution is 2.17. The van der Waals surface area contributed by atoms with Crippen LogP contribution in [0.25, 0.3) is 0 Å². The second-order valence-electron chi connectivity index (χ2n) is 3.52. The van der Waals surface area contributed by atoms with Gasteiger partial charge in [0.25, 0.3) is 0 Å². The minimum absolute atomic E-state index is 0.135. The molecule has 0 unspecified atom stereocenters. The van der Waals surface area contributed by atoms with Crippen LogP contribution in [0.1, 0.15) is 12.5 Å². The Hall–Kier alpha value is -1.36. The van der Waals surface area contributed by atoms with E-state index in [0.29, 0.717) is 0 Å². The van der Waals surface area contributed by atoms with Gasteiger partial charge in [-0.15, -0.1) is 0 Å². The molecule has 1 aromatic rings. The molecule has 0 aliphatic rings. The molecule has 0 aliphatic carbocycles. The van der Waals surface area contributed by atoms with Gasteiger partial charge in [0, 0.05) is 0 Å². The molecule has 1 atom stereocenters. The quantitative estimate of drug-likeness (QED) is 0.750. The van der Waals surface area contributed by atoms with Crippen LogP contribution < -0.4 is 0 Å². The number of hydrogen-bond donors (Lipinski definition) is 0. The van der Waals surface area contributed by atoms with Crippen LogP contribution in [0.3, 0.4) is 0 Å². The zero-order valence-electron chi connectivity index (χ0n) is 9.43. The van der Waals surface area contributed by atoms with Gasteiger partial charge in [0.15, 0.2) is 15.1 Å². The van der Waals surface area contributed by atoms with Crippen molar-refractivity contribution in [3.63, 3.8) is 0 Å². The van der Waals surface area contributed by atoms with Crippen molar-refractivity contribution in [3.8, 4) is 0 Å². The molecule has 5 heteroatoms. The van der Waals surface area contributed by atoms with Gasteiger partial charge in [-0.2, -0.15) is 0 Å². The van der Waals surface area contributed by atoms with Gasteiger partial charge in [-0.05, 0) is 26.0 Å². The van der Waals surface area contributed by atoms with E-state index in [9.17, 15) is 13.2 Å². The number of methoxy groups -OCH3 is 1. The molecule has 0 heterocycles. The average molecular weight is 242 g/mol. The Kier molecular flexibility index (Phi) is 3.70. The third-order valence-corrected chi connectivity index (χ3v) is 4.40. The van der Waals surface area contributed by atoms with E-state index in [2.05, 4.69) is 4.74 Å². The van der Waals surface area contributed by atoms with Crippen LogP contribution in [0.2, 0.25) is 0 Å². The molecular weight excluding hydrogens is 228 g/mol. The Morgan fingerprint density at radius 1 is 1.25 bits per heavy atom. The molecule has 0 radical (unpaired) electrons. The predicted molar refractivity (Wildman–Crippen MR) is 59.8 cm³/mol. The predicted octanol–water partition coefficient (Wildman–Crippen LogP) is 1.33. The number of aryl methyl sites for hydroxylation is 1. The van der Waals surface area contributed by atoms with Gasteiger partial charge in [0.2, 0.25) is 0 Å². The molecule has 0 amide bonds. The Labute approximate surface area is 95.2 Å². The molecule has 0 bridgehead atoms. The maximum Gasteiger partial charge on any atom is 0.324 e. The maximum atomic E-state index is 11.9. The normalized spacial score (nSPS) is 13.2. The summed E-state index contributed by atoms with van der Waals surface area (Å²) >= 11 is 0. The van der Waals surface area contributed by atoms with Crippen molar-refractivity contribution in [2.75, 3.05) is 7.11 Å². The Balaban J connectivity index is 3.12. The number of sulfone groups is 1. The van der Waals surface area contributed by atoms with Crippen molar-refractivity contribution in [3.05, 3.63) is 29.8 Å².